The minimum Gasteiger partial charge on any atom is -0.458 e. The Balaban J connectivity index is 1.82. The summed E-state index contributed by atoms with van der Waals surface area (Å²) in [6.45, 7) is 6.74. The van der Waals surface area contributed by atoms with Gasteiger partial charge in [0.25, 0.3) is 5.69 Å². The molecular weight excluding hydrogens is 498 g/mol. The van der Waals surface area contributed by atoms with Gasteiger partial charge in [-0.3, -0.25) is 14.9 Å². The van der Waals surface area contributed by atoms with Crippen LogP contribution in [0.25, 0.3) is 0 Å². The highest BCUT2D eigenvalue weighted by molar-refractivity contribution is 7.89. The summed E-state index contributed by atoms with van der Waals surface area (Å²) in [5.41, 5.74) is 1.95. The molecule has 1 amide bonds. The summed E-state index contributed by atoms with van der Waals surface area (Å²) < 4.78 is 33.7. The molecular formula is C26H33N3O7S. The molecule has 200 valence electrons. The minimum atomic E-state index is -4.41. The van der Waals surface area contributed by atoms with Gasteiger partial charge in [-0.2, -0.15) is 4.72 Å². The number of hydrogen-bond acceptors (Lipinski definition) is 7. The molecule has 0 radical (unpaired) electrons. The Morgan fingerprint density at radius 3 is 2.41 bits per heavy atom. The smallest absolute Gasteiger partial charge is 0.329 e. The second-order valence-corrected chi connectivity index (χ2v) is 11.7. The van der Waals surface area contributed by atoms with Gasteiger partial charge < -0.3 is 10.1 Å². The number of amides is 1. The highest BCUT2D eigenvalue weighted by Gasteiger charge is 2.33. The summed E-state index contributed by atoms with van der Waals surface area (Å²) in [7, 11) is -4.41. The second-order valence-electron chi connectivity index (χ2n) is 10.1. The molecule has 3 rings (SSSR count). The molecule has 0 spiro atoms. The van der Waals surface area contributed by atoms with Gasteiger partial charge in [0.2, 0.25) is 15.9 Å². The Labute approximate surface area is 217 Å². The molecule has 1 aliphatic rings. The standard InChI is InChI=1S/C26H33N3O7S/c1-5-20(28-37(34,35)23-12-7-6-11-22(23)29(32)33)24(30)27-21(25(31)36-26(2,3)4)16-17-13-14-18-9-8-10-19(18)15-17/h6-7,11-15,20-21,28H,5,8-10,16H2,1-4H3,(H,27,30)/t20-,21-/m0/s1. The molecule has 2 atom stereocenters. The number of carbonyl (C=O) groups excluding carboxylic acids is 2. The number of benzene rings is 2. The molecule has 10 nitrogen and oxygen atoms in total. The lowest BCUT2D eigenvalue weighted by Gasteiger charge is -2.26. The Hall–Kier alpha value is -3.31. The lowest BCUT2D eigenvalue weighted by atomic mass is 10.0. The molecule has 2 aromatic rings. The fourth-order valence-electron chi connectivity index (χ4n) is 4.23. The lowest BCUT2D eigenvalue weighted by Crippen LogP contribution is -2.53. The molecule has 0 aromatic heterocycles. The molecule has 2 N–H and O–H groups in total. The van der Waals surface area contributed by atoms with Crippen LogP contribution in [0, 0.1) is 10.1 Å². The maximum absolute atomic E-state index is 13.2. The summed E-state index contributed by atoms with van der Waals surface area (Å²) >= 11 is 0. The molecule has 0 unspecified atom stereocenters. The zero-order chi connectivity index (χ0) is 27.4. The van der Waals surface area contributed by atoms with E-state index in [4.69, 9.17) is 4.74 Å². The topological polar surface area (TPSA) is 145 Å². The molecule has 0 aliphatic heterocycles. The number of hydrogen-bond donors (Lipinski definition) is 2. The number of nitrogens with one attached hydrogen (secondary N) is 2. The number of aryl methyl sites for hydroxylation is 2. The van der Waals surface area contributed by atoms with Crippen molar-refractivity contribution in [3.05, 3.63) is 69.3 Å². The van der Waals surface area contributed by atoms with Crippen LogP contribution < -0.4 is 10.0 Å². The largest absolute Gasteiger partial charge is 0.458 e. The number of fused-ring (bicyclic) bond motifs is 1. The van der Waals surface area contributed by atoms with Crippen molar-refractivity contribution in [3.8, 4) is 0 Å². The van der Waals surface area contributed by atoms with Gasteiger partial charge in [-0.15, -0.1) is 0 Å². The van der Waals surface area contributed by atoms with Crippen LogP contribution in [0.1, 0.15) is 57.2 Å². The van der Waals surface area contributed by atoms with E-state index in [9.17, 15) is 28.1 Å². The number of esters is 1. The third-order valence-electron chi connectivity index (χ3n) is 5.98. The van der Waals surface area contributed by atoms with E-state index in [1.54, 1.807) is 27.7 Å². The molecule has 11 heteroatoms. The quantitative estimate of drug-likeness (QED) is 0.272. The van der Waals surface area contributed by atoms with Crippen LogP contribution >= 0.6 is 0 Å². The van der Waals surface area contributed by atoms with Crippen molar-refractivity contribution < 1.29 is 27.7 Å². The average Bonchev–Trinajstić information content (AvgIpc) is 3.29. The molecule has 0 bridgehead atoms. The van der Waals surface area contributed by atoms with E-state index < -0.39 is 55.1 Å². The van der Waals surface area contributed by atoms with Gasteiger partial charge in [0.05, 0.1) is 4.92 Å². The lowest BCUT2D eigenvalue weighted by molar-refractivity contribution is -0.387. The third kappa shape index (κ3) is 7.36. The first-order valence-corrected chi connectivity index (χ1v) is 13.7. The average molecular weight is 532 g/mol. The van der Waals surface area contributed by atoms with Crippen LogP contribution in [-0.4, -0.2) is 42.9 Å². The summed E-state index contributed by atoms with van der Waals surface area (Å²) in [5.74, 6) is -1.38. The second kappa shape index (κ2) is 11.4. The van der Waals surface area contributed by atoms with Crippen molar-refractivity contribution in [3.63, 3.8) is 0 Å². The molecule has 2 aromatic carbocycles. The number of nitrogens with zero attached hydrogens (tertiary/aromatic N) is 1. The molecule has 0 heterocycles. The molecule has 0 saturated heterocycles. The van der Waals surface area contributed by atoms with Crippen molar-refractivity contribution >= 4 is 27.6 Å². The van der Waals surface area contributed by atoms with Gasteiger partial charge in [0.1, 0.15) is 17.7 Å². The van der Waals surface area contributed by atoms with Gasteiger partial charge in [-0.1, -0.05) is 37.3 Å². The van der Waals surface area contributed by atoms with E-state index in [0.29, 0.717) is 0 Å². The van der Waals surface area contributed by atoms with E-state index in [1.165, 1.54) is 23.3 Å². The fraction of sp³-hybridized carbons (Fsp3) is 0.462. The molecule has 1 aliphatic carbocycles. The SMILES string of the molecule is CC[C@H](NS(=O)(=O)c1ccccc1[N+](=O)[O-])C(=O)N[C@@H](Cc1ccc2c(c1)CCC2)C(=O)OC(C)(C)C. The number of nitro groups is 1. The first-order valence-electron chi connectivity index (χ1n) is 12.2. The maximum atomic E-state index is 13.2. The number of para-hydroxylation sites is 1. The van der Waals surface area contributed by atoms with E-state index in [-0.39, 0.29) is 12.8 Å². The van der Waals surface area contributed by atoms with Crippen molar-refractivity contribution in [1.29, 1.82) is 0 Å². The first-order chi connectivity index (χ1) is 17.3. The van der Waals surface area contributed by atoms with Crippen LogP contribution in [-0.2, 0) is 43.6 Å². The number of rotatable bonds is 10. The van der Waals surface area contributed by atoms with Crippen LogP contribution in [0.5, 0.6) is 0 Å². The highest BCUT2D eigenvalue weighted by Crippen LogP contribution is 2.25. The number of nitro benzene ring substituents is 1. The first kappa shape index (κ1) is 28.3. The summed E-state index contributed by atoms with van der Waals surface area (Å²) in [4.78, 5) is 36.2. The van der Waals surface area contributed by atoms with E-state index in [0.717, 1.165) is 37.0 Å². The Morgan fingerprint density at radius 2 is 1.76 bits per heavy atom. The van der Waals surface area contributed by atoms with Crippen molar-refractivity contribution in [2.75, 3.05) is 0 Å². The summed E-state index contributed by atoms with van der Waals surface area (Å²) in [5, 5.41) is 14.0. The Morgan fingerprint density at radius 1 is 1.08 bits per heavy atom. The zero-order valence-electron chi connectivity index (χ0n) is 21.4. The van der Waals surface area contributed by atoms with Gasteiger partial charge in [-0.25, -0.2) is 13.2 Å². The summed E-state index contributed by atoms with van der Waals surface area (Å²) in [6.07, 6.45) is 3.26. The molecule has 0 fully saturated rings. The van der Waals surface area contributed by atoms with E-state index in [1.807, 2.05) is 18.2 Å². The predicted molar refractivity (Wildman–Crippen MR) is 137 cm³/mol. The molecule has 0 saturated carbocycles. The van der Waals surface area contributed by atoms with Crippen molar-refractivity contribution in [2.45, 2.75) is 82.4 Å². The van der Waals surface area contributed by atoms with Crippen LogP contribution in [0.15, 0.2) is 47.4 Å². The Kier molecular flexibility index (Phi) is 8.70. The molecule has 37 heavy (non-hydrogen) atoms. The van der Waals surface area contributed by atoms with E-state index in [2.05, 4.69) is 10.0 Å². The number of carbonyl (C=O) groups is 2. The normalized spacial score (nSPS) is 14.9. The minimum absolute atomic E-state index is 0.0472. The van der Waals surface area contributed by atoms with Gasteiger partial charge >= 0.3 is 5.97 Å². The van der Waals surface area contributed by atoms with Crippen molar-refractivity contribution in [2.24, 2.45) is 0 Å². The number of ether oxygens (including phenoxy) is 1. The predicted octanol–water partition coefficient (Wildman–Crippen LogP) is 3.21. The van der Waals surface area contributed by atoms with E-state index >= 15 is 0 Å². The Bertz CT molecular complexity index is 1290. The monoisotopic (exact) mass is 531 g/mol. The van der Waals surface area contributed by atoms with Crippen LogP contribution in [0.4, 0.5) is 5.69 Å². The zero-order valence-corrected chi connectivity index (χ0v) is 22.3. The maximum Gasteiger partial charge on any atom is 0.329 e. The van der Waals surface area contributed by atoms with Gasteiger partial charge in [0, 0.05) is 12.5 Å². The fourth-order valence-corrected chi connectivity index (χ4v) is 5.69. The number of sulfonamides is 1. The third-order valence-corrected chi connectivity index (χ3v) is 7.50. The van der Waals surface area contributed by atoms with Crippen LogP contribution in [0.2, 0.25) is 0 Å². The van der Waals surface area contributed by atoms with Crippen LogP contribution in [0.3, 0.4) is 0 Å². The van der Waals surface area contributed by atoms with Gasteiger partial charge in [-0.05, 0) is 69.2 Å². The summed E-state index contributed by atoms with van der Waals surface area (Å²) in [6, 6.07) is 8.53. The highest BCUT2D eigenvalue weighted by atomic mass is 32.2. The van der Waals surface area contributed by atoms with Gasteiger partial charge in [0.15, 0.2) is 4.90 Å². The van der Waals surface area contributed by atoms with Crippen molar-refractivity contribution in [1.82, 2.24) is 10.0 Å².